The lowest BCUT2D eigenvalue weighted by Gasteiger charge is -2.27. The average molecular weight is 290 g/mol. The van der Waals surface area contributed by atoms with Crippen LogP contribution in [-0.4, -0.2) is 23.5 Å². The molecule has 0 spiro atoms. The van der Waals surface area contributed by atoms with Gasteiger partial charge >= 0.3 is 5.97 Å². The summed E-state index contributed by atoms with van der Waals surface area (Å²) in [6.07, 6.45) is 6.72. The van der Waals surface area contributed by atoms with E-state index in [4.69, 9.17) is 4.74 Å². The van der Waals surface area contributed by atoms with Crippen molar-refractivity contribution in [2.75, 3.05) is 11.9 Å². The summed E-state index contributed by atoms with van der Waals surface area (Å²) in [5.74, 6) is -0.918. The molecule has 0 unspecified atom stereocenters. The van der Waals surface area contributed by atoms with Gasteiger partial charge in [0.25, 0.3) is 0 Å². The van der Waals surface area contributed by atoms with Crippen molar-refractivity contribution in [3.63, 3.8) is 0 Å². The molecule has 1 aliphatic carbocycles. The van der Waals surface area contributed by atoms with E-state index in [2.05, 4.69) is 10.3 Å². The number of aromatic nitrogens is 1. The molecule has 0 radical (unpaired) electrons. The Balaban J connectivity index is 2.09. The van der Waals surface area contributed by atoms with Crippen LogP contribution in [0.25, 0.3) is 0 Å². The zero-order valence-electron chi connectivity index (χ0n) is 12.4. The van der Waals surface area contributed by atoms with E-state index in [0.29, 0.717) is 12.4 Å². The Labute approximate surface area is 125 Å². The molecular formula is C16H22N2O3. The van der Waals surface area contributed by atoms with E-state index in [9.17, 15) is 9.59 Å². The molecule has 2 rings (SSSR count). The summed E-state index contributed by atoms with van der Waals surface area (Å²) in [7, 11) is 0. The van der Waals surface area contributed by atoms with Gasteiger partial charge in [-0.2, -0.15) is 0 Å². The fourth-order valence-electron chi connectivity index (χ4n) is 2.85. The van der Waals surface area contributed by atoms with Gasteiger partial charge in [-0.25, -0.2) is 4.98 Å². The van der Waals surface area contributed by atoms with E-state index in [0.717, 1.165) is 25.7 Å². The van der Waals surface area contributed by atoms with Crippen LogP contribution in [0.1, 0.15) is 39.0 Å². The van der Waals surface area contributed by atoms with Crippen molar-refractivity contribution in [1.82, 2.24) is 4.98 Å². The van der Waals surface area contributed by atoms with Crippen molar-refractivity contribution < 1.29 is 14.3 Å². The maximum Gasteiger partial charge on any atom is 0.318 e. The van der Waals surface area contributed by atoms with Crippen molar-refractivity contribution in [3.05, 3.63) is 24.4 Å². The smallest absolute Gasteiger partial charge is 0.318 e. The van der Waals surface area contributed by atoms with Gasteiger partial charge in [-0.15, -0.1) is 0 Å². The van der Waals surface area contributed by atoms with Crippen LogP contribution in [0.2, 0.25) is 0 Å². The third kappa shape index (κ3) is 4.28. The molecule has 1 amide bonds. The zero-order chi connectivity index (χ0) is 15.1. The Kier molecular flexibility index (Phi) is 5.72. The molecule has 1 aromatic heterocycles. The first kappa shape index (κ1) is 15.5. The summed E-state index contributed by atoms with van der Waals surface area (Å²) < 4.78 is 5.10. The quantitative estimate of drug-likeness (QED) is 0.669. The highest BCUT2D eigenvalue weighted by molar-refractivity contribution is 6.04. The van der Waals surface area contributed by atoms with E-state index >= 15 is 0 Å². The molecule has 5 nitrogen and oxygen atoms in total. The Morgan fingerprint density at radius 1 is 1.33 bits per heavy atom. The molecule has 1 atom stereocenters. The summed E-state index contributed by atoms with van der Waals surface area (Å²) in [5.41, 5.74) is 0. The number of nitrogens with one attached hydrogen (secondary N) is 1. The average Bonchev–Trinajstić information content (AvgIpc) is 2.50. The second-order valence-electron chi connectivity index (χ2n) is 5.33. The van der Waals surface area contributed by atoms with Crippen LogP contribution in [0.5, 0.6) is 0 Å². The van der Waals surface area contributed by atoms with Crippen molar-refractivity contribution >= 4 is 17.7 Å². The van der Waals surface area contributed by atoms with Crippen LogP contribution >= 0.6 is 0 Å². The van der Waals surface area contributed by atoms with Crippen LogP contribution in [0.15, 0.2) is 24.4 Å². The molecule has 1 saturated carbocycles. The third-order valence-electron chi connectivity index (χ3n) is 3.86. The highest BCUT2D eigenvalue weighted by atomic mass is 16.5. The normalized spacial score (nSPS) is 17.0. The van der Waals surface area contributed by atoms with Gasteiger partial charge in [-0.3, -0.25) is 9.59 Å². The number of anilines is 1. The molecule has 21 heavy (non-hydrogen) atoms. The van der Waals surface area contributed by atoms with E-state index in [1.807, 2.05) is 0 Å². The molecule has 114 valence electrons. The highest BCUT2D eigenvalue weighted by Crippen LogP contribution is 2.31. The molecule has 1 N–H and O–H groups in total. The van der Waals surface area contributed by atoms with E-state index in [1.165, 1.54) is 6.42 Å². The largest absolute Gasteiger partial charge is 0.465 e. The molecular weight excluding hydrogens is 268 g/mol. The number of ether oxygens (including phenoxy) is 1. The van der Waals surface area contributed by atoms with Crippen LogP contribution in [0.4, 0.5) is 5.82 Å². The van der Waals surface area contributed by atoms with Gasteiger partial charge in [0.05, 0.1) is 6.61 Å². The van der Waals surface area contributed by atoms with Crippen LogP contribution < -0.4 is 5.32 Å². The number of rotatable bonds is 5. The molecule has 0 aliphatic heterocycles. The molecule has 1 heterocycles. The summed E-state index contributed by atoms with van der Waals surface area (Å²) in [6, 6.07) is 5.28. The number of esters is 1. The second-order valence-corrected chi connectivity index (χ2v) is 5.33. The van der Waals surface area contributed by atoms with Crippen molar-refractivity contribution in [2.45, 2.75) is 39.0 Å². The number of hydrogen-bond donors (Lipinski definition) is 1. The lowest BCUT2D eigenvalue weighted by molar-refractivity contribution is -0.153. The maximum atomic E-state index is 12.5. The molecule has 1 aromatic rings. The lowest BCUT2D eigenvalue weighted by atomic mass is 9.79. The van der Waals surface area contributed by atoms with Crippen molar-refractivity contribution in [1.29, 1.82) is 0 Å². The fourth-order valence-corrected chi connectivity index (χ4v) is 2.85. The Bertz CT molecular complexity index is 470. The van der Waals surface area contributed by atoms with Crippen LogP contribution in [0.3, 0.4) is 0 Å². The number of nitrogens with zero attached hydrogens (tertiary/aromatic N) is 1. The fraction of sp³-hybridized carbons (Fsp3) is 0.562. The summed E-state index contributed by atoms with van der Waals surface area (Å²) in [6.45, 7) is 2.05. The summed E-state index contributed by atoms with van der Waals surface area (Å²) in [5, 5.41) is 2.73. The predicted molar refractivity (Wildman–Crippen MR) is 79.6 cm³/mol. The highest BCUT2D eigenvalue weighted by Gasteiger charge is 2.36. The Morgan fingerprint density at radius 3 is 2.71 bits per heavy atom. The minimum Gasteiger partial charge on any atom is -0.465 e. The topological polar surface area (TPSA) is 68.3 Å². The van der Waals surface area contributed by atoms with Gasteiger partial charge in [0.2, 0.25) is 5.91 Å². The summed E-state index contributed by atoms with van der Waals surface area (Å²) in [4.78, 5) is 28.7. The first-order valence-corrected chi connectivity index (χ1v) is 7.61. The van der Waals surface area contributed by atoms with Crippen LogP contribution in [-0.2, 0) is 14.3 Å². The number of carbonyl (C=O) groups is 2. The SMILES string of the molecule is CCOC(=O)[C@@H](C(=O)Nc1ccccn1)C1CCCCC1. The Morgan fingerprint density at radius 2 is 2.10 bits per heavy atom. The number of carbonyl (C=O) groups excluding carboxylic acids is 2. The first-order valence-electron chi connectivity index (χ1n) is 7.61. The molecule has 1 aliphatic rings. The van der Waals surface area contributed by atoms with Crippen molar-refractivity contribution in [2.24, 2.45) is 11.8 Å². The molecule has 5 heteroatoms. The van der Waals surface area contributed by atoms with Crippen LogP contribution in [0, 0.1) is 11.8 Å². The van der Waals surface area contributed by atoms with E-state index in [-0.39, 0.29) is 11.8 Å². The van der Waals surface area contributed by atoms with Crippen molar-refractivity contribution in [3.8, 4) is 0 Å². The first-order chi connectivity index (χ1) is 10.2. The van der Waals surface area contributed by atoms with Gasteiger partial charge in [0.1, 0.15) is 11.7 Å². The molecule has 0 aromatic carbocycles. The maximum absolute atomic E-state index is 12.5. The number of pyridine rings is 1. The standard InChI is InChI=1S/C16H22N2O3/c1-2-21-16(20)14(12-8-4-3-5-9-12)15(19)18-13-10-6-7-11-17-13/h6-7,10-12,14H,2-5,8-9H2,1H3,(H,17,18,19)/t14-/m1/s1. The molecule has 1 fully saturated rings. The summed E-state index contributed by atoms with van der Waals surface area (Å²) >= 11 is 0. The Hall–Kier alpha value is -1.91. The minimum absolute atomic E-state index is 0.0708. The van der Waals surface area contributed by atoms with E-state index in [1.54, 1.807) is 31.3 Å². The number of amides is 1. The van der Waals surface area contributed by atoms with Gasteiger partial charge in [0.15, 0.2) is 0 Å². The predicted octanol–water partition coefficient (Wildman–Crippen LogP) is 2.78. The van der Waals surface area contributed by atoms with Gasteiger partial charge in [0, 0.05) is 6.20 Å². The zero-order valence-corrected chi connectivity index (χ0v) is 12.4. The van der Waals surface area contributed by atoms with Gasteiger partial charge in [-0.05, 0) is 37.8 Å². The van der Waals surface area contributed by atoms with Gasteiger partial charge in [-0.1, -0.05) is 25.3 Å². The second kappa shape index (κ2) is 7.76. The minimum atomic E-state index is -0.729. The number of hydrogen-bond acceptors (Lipinski definition) is 4. The molecule has 0 bridgehead atoms. The third-order valence-corrected chi connectivity index (χ3v) is 3.86. The lowest BCUT2D eigenvalue weighted by Crippen LogP contribution is -2.38. The van der Waals surface area contributed by atoms with Gasteiger partial charge < -0.3 is 10.1 Å². The molecule has 0 saturated heterocycles. The monoisotopic (exact) mass is 290 g/mol. The van der Waals surface area contributed by atoms with E-state index < -0.39 is 11.9 Å².